The number of fused-ring (bicyclic) bond motifs is 1. The van der Waals surface area contributed by atoms with Crippen LogP contribution in [0.2, 0.25) is 0 Å². The number of methoxy groups -OCH3 is 1. The highest BCUT2D eigenvalue weighted by Crippen LogP contribution is 2.41. The number of carboxylic acid groups (broad SMARTS) is 1. The number of aromatic carboxylic acids is 1. The van der Waals surface area contributed by atoms with Crippen LogP contribution in [-0.4, -0.2) is 35.6 Å². The number of nitrogens with zero attached hydrogens (tertiary/aromatic N) is 1. The Morgan fingerprint density at radius 1 is 1.08 bits per heavy atom. The summed E-state index contributed by atoms with van der Waals surface area (Å²) in [5.41, 5.74) is 3.60. The van der Waals surface area contributed by atoms with Crippen molar-refractivity contribution in [3.05, 3.63) is 88.9 Å². The van der Waals surface area contributed by atoms with Crippen LogP contribution in [0.5, 0.6) is 17.2 Å². The van der Waals surface area contributed by atoms with Gasteiger partial charge in [-0.15, -0.1) is 11.3 Å². The molecule has 38 heavy (non-hydrogen) atoms. The van der Waals surface area contributed by atoms with Crippen molar-refractivity contribution in [2.24, 2.45) is 0 Å². The number of hydrogen-bond donors (Lipinski definition) is 3. The first-order chi connectivity index (χ1) is 18.3. The lowest BCUT2D eigenvalue weighted by Gasteiger charge is -2.37. The zero-order chi connectivity index (χ0) is 26.7. The number of carboxylic acids is 1. The van der Waals surface area contributed by atoms with Crippen LogP contribution in [0.3, 0.4) is 0 Å². The number of benzene rings is 3. The van der Waals surface area contributed by atoms with E-state index in [1.54, 1.807) is 37.6 Å². The summed E-state index contributed by atoms with van der Waals surface area (Å²) in [5, 5.41) is 17.9. The molecule has 0 unspecified atom stereocenters. The number of rotatable bonds is 8. The molecule has 9 heteroatoms. The Labute approximate surface area is 224 Å². The lowest BCUT2D eigenvalue weighted by molar-refractivity contribution is -0.117. The maximum Gasteiger partial charge on any atom is 0.335 e. The third-order valence-electron chi connectivity index (χ3n) is 6.63. The van der Waals surface area contributed by atoms with Crippen molar-refractivity contribution in [3.8, 4) is 28.4 Å². The smallest absolute Gasteiger partial charge is 0.335 e. The van der Waals surface area contributed by atoms with Crippen LogP contribution >= 0.6 is 11.3 Å². The van der Waals surface area contributed by atoms with Gasteiger partial charge in [0.15, 0.2) is 16.6 Å². The van der Waals surface area contributed by atoms with Gasteiger partial charge in [-0.25, -0.2) is 9.78 Å². The maximum atomic E-state index is 12.8. The van der Waals surface area contributed by atoms with E-state index in [-0.39, 0.29) is 17.9 Å². The Bertz CT molecular complexity index is 1450. The molecule has 3 N–H and O–H groups in total. The number of aromatic nitrogens is 1. The second kappa shape index (κ2) is 10.6. The van der Waals surface area contributed by atoms with E-state index in [4.69, 9.17) is 14.6 Å². The summed E-state index contributed by atoms with van der Waals surface area (Å²) >= 11 is 1.38. The zero-order valence-corrected chi connectivity index (χ0v) is 21.8. The summed E-state index contributed by atoms with van der Waals surface area (Å²) in [6, 6.07) is 18.2. The van der Waals surface area contributed by atoms with E-state index >= 15 is 0 Å². The average molecular weight is 530 g/mol. The topological polar surface area (TPSA) is 110 Å². The molecule has 8 nitrogen and oxygen atoms in total. The lowest BCUT2D eigenvalue weighted by atomic mass is 9.81. The number of carbonyl (C=O) groups excluding carboxylic acids is 1. The van der Waals surface area contributed by atoms with E-state index in [1.165, 1.54) is 11.3 Å². The molecule has 1 atom stereocenters. The number of carbonyl (C=O) groups is 2. The third kappa shape index (κ3) is 5.39. The highest BCUT2D eigenvalue weighted by atomic mass is 32.1. The van der Waals surface area contributed by atoms with Gasteiger partial charge in [0, 0.05) is 30.1 Å². The minimum atomic E-state index is -0.953. The summed E-state index contributed by atoms with van der Waals surface area (Å²) in [6.07, 6.45) is 2.71. The van der Waals surface area contributed by atoms with Crippen LogP contribution in [0.1, 0.15) is 34.8 Å². The molecule has 1 aliphatic rings. The standard InChI is InChI=1S/C29H27N3O5S/c1-29(17-26(33)32-28-30-13-14-38-28)23-16-25(24(36-2)15-21(23)11-12-31-29)37-22-9-7-19(8-10-22)18-3-5-20(6-4-18)27(34)35/h3-10,13-16,31H,11-12,17H2,1-2H3,(H,34,35)(H,30,32,33)/t29-/m1/s1. The van der Waals surface area contributed by atoms with Crippen LogP contribution in [0.4, 0.5) is 5.13 Å². The molecule has 1 aliphatic heterocycles. The minimum Gasteiger partial charge on any atom is -0.493 e. The van der Waals surface area contributed by atoms with Crippen molar-refractivity contribution in [1.29, 1.82) is 0 Å². The number of nitrogens with one attached hydrogen (secondary N) is 2. The molecule has 3 aromatic carbocycles. The van der Waals surface area contributed by atoms with Crippen LogP contribution < -0.4 is 20.1 Å². The van der Waals surface area contributed by atoms with Gasteiger partial charge in [0.1, 0.15) is 5.75 Å². The number of amides is 1. The maximum absolute atomic E-state index is 12.8. The molecule has 0 saturated heterocycles. The van der Waals surface area contributed by atoms with Gasteiger partial charge in [0.2, 0.25) is 5.91 Å². The zero-order valence-electron chi connectivity index (χ0n) is 21.0. The van der Waals surface area contributed by atoms with Gasteiger partial charge in [-0.2, -0.15) is 0 Å². The first kappa shape index (κ1) is 25.4. The molecule has 1 amide bonds. The number of thiazole rings is 1. The summed E-state index contributed by atoms with van der Waals surface area (Å²) in [7, 11) is 1.61. The van der Waals surface area contributed by atoms with Crippen molar-refractivity contribution in [2.75, 3.05) is 19.0 Å². The summed E-state index contributed by atoms with van der Waals surface area (Å²) in [6.45, 7) is 2.76. The van der Waals surface area contributed by atoms with Crippen molar-refractivity contribution < 1.29 is 24.2 Å². The van der Waals surface area contributed by atoms with Gasteiger partial charge < -0.3 is 25.2 Å². The van der Waals surface area contributed by atoms with Crippen molar-refractivity contribution >= 4 is 28.3 Å². The first-order valence-corrected chi connectivity index (χ1v) is 13.0. The van der Waals surface area contributed by atoms with Crippen LogP contribution in [0.25, 0.3) is 11.1 Å². The second-order valence-corrected chi connectivity index (χ2v) is 10.1. The van der Waals surface area contributed by atoms with Gasteiger partial charge in [-0.3, -0.25) is 4.79 Å². The molecule has 5 rings (SSSR count). The first-order valence-electron chi connectivity index (χ1n) is 12.1. The second-order valence-electron chi connectivity index (χ2n) is 9.24. The predicted octanol–water partition coefficient (Wildman–Crippen LogP) is 5.70. The SMILES string of the molecule is COc1cc2c(cc1Oc1ccc(-c3ccc(C(=O)O)cc3)cc1)[C@@](C)(CC(=O)Nc1nccs1)NCC2. The molecule has 194 valence electrons. The molecule has 0 aliphatic carbocycles. The van der Waals surface area contributed by atoms with E-state index in [9.17, 15) is 9.59 Å². The fraction of sp³-hybridized carbons (Fsp3) is 0.207. The summed E-state index contributed by atoms with van der Waals surface area (Å²) in [5.74, 6) is 0.730. The largest absolute Gasteiger partial charge is 0.493 e. The van der Waals surface area contributed by atoms with Crippen molar-refractivity contribution in [3.63, 3.8) is 0 Å². The monoisotopic (exact) mass is 529 g/mol. The molecule has 0 saturated carbocycles. The Kier molecular flexibility index (Phi) is 7.13. The van der Waals surface area contributed by atoms with Gasteiger partial charge in [0.25, 0.3) is 0 Å². The van der Waals surface area contributed by atoms with Gasteiger partial charge in [0.05, 0.1) is 12.7 Å². The van der Waals surface area contributed by atoms with E-state index in [0.717, 1.165) is 35.2 Å². The molecule has 2 heterocycles. The average Bonchev–Trinajstić information content (AvgIpc) is 3.42. The Morgan fingerprint density at radius 3 is 2.42 bits per heavy atom. The summed E-state index contributed by atoms with van der Waals surface area (Å²) in [4.78, 5) is 28.1. The molecule has 0 bridgehead atoms. The van der Waals surface area contributed by atoms with E-state index in [2.05, 4.69) is 15.6 Å². The molecule has 1 aromatic heterocycles. The Balaban J connectivity index is 1.38. The highest BCUT2D eigenvalue weighted by Gasteiger charge is 2.35. The predicted molar refractivity (Wildman–Crippen MR) is 146 cm³/mol. The molecule has 0 fully saturated rings. The Morgan fingerprint density at radius 2 is 1.79 bits per heavy atom. The third-order valence-corrected chi connectivity index (χ3v) is 7.32. The number of ether oxygens (including phenoxy) is 2. The minimum absolute atomic E-state index is 0.118. The van der Waals surface area contributed by atoms with E-state index in [0.29, 0.717) is 22.4 Å². The molecule has 0 radical (unpaired) electrons. The van der Waals surface area contributed by atoms with Crippen molar-refractivity contribution in [1.82, 2.24) is 10.3 Å². The fourth-order valence-electron chi connectivity index (χ4n) is 4.71. The van der Waals surface area contributed by atoms with Crippen LogP contribution in [0.15, 0.2) is 72.2 Å². The fourth-order valence-corrected chi connectivity index (χ4v) is 5.25. The molecular formula is C29H27N3O5S. The number of anilines is 1. The quantitative estimate of drug-likeness (QED) is 0.269. The summed E-state index contributed by atoms with van der Waals surface area (Å²) < 4.78 is 11.9. The van der Waals surface area contributed by atoms with Gasteiger partial charge >= 0.3 is 5.97 Å². The van der Waals surface area contributed by atoms with E-state index < -0.39 is 11.5 Å². The highest BCUT2D eigenvalue weighted by molar-refractivity contribution is 7.13. The van der Waals surface area contributed by atoms with Gasteiger partial charge in [-0.1, -0.05) is 24.3 Å². The van der Waals surface area contributed by atoms with Crippen LogP contribution in [0, 0.1) is 0 Å². The van der Waals surface area contributed by atoms with E-state index in [1.807, 2.05) is 48.7 Å². The van der Waals surface area contributed by atoms with Crippen molar-refractivity contribution in [2.45, 2.75) is 25.3 Å². The van der Waals surface area contributed by atoms with Crippen LogP contribution in [-0.2, 0) is 16.8 Å². The molecule has 4 aromatic rings. The lowest BCUT2D eigenvalue weighted by Crippen LogP contribution is -2.47. The Hall–Kier alpha value is -4.21. The number of hydrogen-bond acceptors (Lipinski definition) is 7. The normalized spacial score (nSPS) is 16.4. The van der Waals surface area contributed by atoms with Gasteiger partial charge in [-0.05, 0) is 72.0 Å². The molecular weight excluding hydrogens is 502 g/mol. The molecule has 0 spiro atoms.